The maximum Gasteiger partial charge on any atom is 0.246 e. The van der Waals surface area contributed by atoms with Gasteiger partial charge in [0.1, 0.15) is 12.6 Å². The van der Waals surface area contributed by atoms with Gasteiger partial charge in [-0.05, 0) is 37.7 Å². The molecule has 2 aliphatic heterocycles. The molecule has 138 valence electrons. The van der Waals surface area contributed by atoms with Gasteiger partial charge in [0.15, 0.2) is 0 Å². The Kier molecular flexibility index (Phi) is 4.63. The van der Waals surface area contributed by atoms with Crippen LogP contribution in [0.4, 0.5) is 0 Å². The standard InChI is InChI=1S/C19H24N4O3/c20-19(25)17-6-5-16(26-17)13-7-9-22(10-8-13)18(24)12-23-11-14-3-1-2-4-15(14)21-23/h1-4,11,13,16-17H,5-10,12H2,(H2,20,25)/t16-,17+/m0/s1. The maximum absolute atomic E-state index is 12.6. The highest BCUT2D eigenvalue weighted by Gasteiger charge is 2.36. The Hall–Kier alpha value is -2.41. The van der Waals surface area contributed by atoms with Gasteiger partial charge in [0.2, 0.25) is 11.8 Å². The van der Waals surface area contributed by atoms with Crippen molar-refractivity contribution in [3.63, 3.8) is 0 Å². The van der Waals surface area contributed by atoms with Crippen LogP contribution in [0.15, 0.2) is 30.5 Å². The number of nitrogens with zero attached hydrogens (tertiary/aromatic N) is 3. The van der Waals surface area contributed by atoms with Gasteiger partial charge >= 0.3 is 0 Å². The van der Waals surface area contributed by atoms with Crippen LogP contribution in [0.2, 0.25) is 0 Å². The van der Waals surface area contributed by atoms with E-state index in [2.05, 4.69) is 5.10 Å². The minimum Gasteiger partial charge on any atom is -0.367 e. The normalized spacial score (nSPS) is 24.2. The summed E-state index contributed by atoms with van der Waals surface area (Å²) >= 11 is 0. The number of carbonyl (C=O) groups is 2. The third-order valence-electron chi connectivity index (χ3n) is 5.55. The van der Waals surface area contributed by atoms with Crippen LogP contribution in [0.25, 0.3) is 10.9 Å². The Morgan fingerprint density at radius 2 is 1.92 bits per heavy atom. The van der Waals surface area contributed by atoms with Crippen molar-refractivity contribution in [3.8, 4) is 0 Å². The molecule has 7 nitrogen and oxygen atoms in total. The van der Waals surface area contributed by atoms with Crippen molar-refractivity contribution in [2.75, 3.05) is 13.1 Å². The molecule has 2 saturated heterocycles. The van der Waals surface area contributed by atoms with E-state index < -0.39 is 6.10 Å². The number of piperidine rings is 1. The van der Waals surface area contributed by atoms with E-state index in [1.165, 1.54) is 0 Å². The highest BCUT2D eigenvalue weighted by molar-refractivity contribution is 5.80. The van der Waals surface area contributed by atoms with Crippen molar-refractivity contribution in [1.29, 1.82) is 0 Å². The van der Waals surface area contributed by atoms with Gasteiger partial charge in [0.05, 0.1) is 11.6 Å². The Morgan fingerprint density at radius 1 is 1.15 bits per heavy atom. The van der Waals surface area contributed by atoms with Gasteiger partial charge < -0.3 is 15.4 Å². The average molecular weight is 356 g/mol. The molecule has 4 rings (SSSR count). The highest BCUT2D eigenvalue weighted by Crippen LogP contribution is 2.31. The third kappa shape index (κ3) is 3.44. The first kappa shape index (κ1) is 17.0. The lowest BCUT2D eigenvalue weighted by Crippen LogP contribution is -2.43. The van der Waals surface area contributed by atoms with E-state index >= 15 is 0 Å². The second-order valence-corrected chi connectivity index (χ2v) is 7.25. The van der Waals surface area contributed by atoms with Gasteiger partial charge in [-0.3, -0.25) is 14.3 Å². The monoisotopic (exact) mass is 356 g/mol. The number of rotatable bonds is 4. The molecule has 2 aromatic rings. The lowest BCUT2D eigenvalue weighted by molar-refractivity contribution is -0.135. The number of primary amides is 1. The van der Waals surface area contributed by atoms with Gasteiger partial charge in [-0.15, -0.1) is 0 Å². The molecule has 2 fully saturated rings. The van der Waals surface area contributed by atoms with Crippen molar-refractivity contribution in [3.05, 3.63) is 30.5 Å². The molecule has 2 aliphatic rings. The highest BCUT2D eigenvalue weighted by atomic mass is 16.5. The molecule has 0 aliphatic carbocycles. The maximum atomic E-state index is 12.6. The minimum absolute atomic E-state index is 0.0959. The molecule has 2 amide bonds. The predicted molar refractivity (Wildman–Crippen MR) is 96.1 cm³/mol. The number of amides is 2. The second-order valence-electron chi connectivity index (χ2n) is 7.25. The molecule has 1 aromatic carbocycles. The molecule has 7 heteroatoms. The van der Waals surface area contributed by atoms with Crippen LogP contribution >= 0.6 is 0 Å². The fourth-order valence-corrected chi connectivity index (χ4v) is 4.07. The Balaban J connectivity index is 1.30. The summed E-state index contributed by atoms with van der Waals surface area (Å²) in [7, 11) is 0. The summed E-state index contributed by atoms with van der Waals surface area (Å²) in [6.07, 6.45) is 4.98. The van der Waals surface area contributed by atoms with Crippen LogP contribution in [0.3, 0.4) is 0 Å². The fraction of sp³-hybridized carbons (Fsp3) is 0.526. The topological polar surface area (TPSA) is 90.5 Å². The van der Waals surface area contributed by atoms with E-state index in [4.69, 9.17) is 10.5 Å². The lowest BCUT2D eigenvalue weighted by Gasteiger charge is -2.34. The zero-order valence-electron chi connectivity index (χ0n) is 14.7. The fourth-order valence-electron chi connectivity index (χ4n) is 4.07. The second kappa shape index (κ2) is 7.07. The Bertz CT molecular complexity index is 777. The summed E-state index contributed by atoms with van der Waals surface area (Å²) in [4.78, 5) is 25.7. The number of fused-ring (bicyclic) bond motifs is 1. The van der Waals surface area contributed by atoms with E-state index in [0.29, 0.717) is 12.3 Å². The first-order valence-corrected chi connectivity index (χ1v) is 9.25. The molecular formula is C19H24N4O3. The SMILES string of the molecule is NC(=O)[C@H]1CC[C@@H](C2CCN(C(=O)Cn3cc4ccccc4n3)CC2)O1. The van der Waals surface area contributed by atoms with Gasteiger partial charge in [-0.1, -0.05) is 18.2 Å². The largest absolute Gasteiger partial charge is 0.367 e. The number of hydrogen-bond acceptors (Lipinski definition) is 4. The number of benzene rings is 1. The molecular weight excluding hydrogens is 332 g/mol. The van der Waals surface area contributed by atoms with E-state index in [9.17, 15) is 9.59 Å². The number of hydrogen-bond donors (Lipinski definition) is 1. The smallest absolute Gasteiger partial charge is 0.246 e. The van der Waals surface area contributed by atoms with Gasteiger partial charge in [0.25, 0.3) is 0 Å². The van der Waals surface area contributed by atoms with E-state index in [1.807, 2.05) is 35.4 Å². The van der Waals surface area contributed by atoms with Crippen LogP contribution in [-0.2, 0) is 20.9 Å². The van der Waals surface area contributed by atoms with Crippen molar-refractivity contribution in [1.82, 2.24) is 14.7 Å². The van der Waals surface area contributed by atoms with E-state index in [1.54, 1.807) is 4.68 Å². The third-order valence-corrected chi connectivity index (χ3v) is 5.55. The quantitative estimate of drug-likeness (QED) is 0.894. The zero-order valence-corrected chi connectivity index (χ0v) is 14.7. The van der Waals surface area contributed by atoms with Gasteiger partial charge in [-0.2, -0.15) is 5.10 Å². The molecule has 0 unspecified atom stereocenters. The lowest BCUT2D eigenvalue weighted by atomic mass is 9.89. The first-order chi connectivity index (χ1) is 12.6. The minimum atomic E-state index is -0.436. The molecule has 3 heterocycles. The van der Waals surface area contributed by atoms with Crippen molar-refractivity contribution < 1.29 is 14.3 Å². The number of carbonyl (C=O) groups excluding carboxylic acids is 2. The predicted octanol–water partition coefficient (Wildman–Crippen LogP) is 1.31. The van der Waals surface area contributed by atoms with Gasteiger partial charge in [0, 0.05) is 24.7 Å². The van der Waals surface area contributed by atoms with Crippen LogP contribution < -0.4 is 5.73 Å². The number of likely N-dealkylation sites (tertiary alicyclic amines) is 1. The zero-order chi connectivity index (χ0) is 18.1. The summed E-state index contributed by atoms with van der Waals surface area (Å²) in [5.74, 6) is 0.126. The van der Waals surface area contributed by atoms with E-state index in [0.717, 1.165) is 43.3 Å². The molecule has 0 spiro atoms. The summed E-state index contributed by atoms with van der Waals surface area (Å²) in [5, 5.41) is 5.50. The Morgan fingerprint density at radius 3 is 2.62 bits per heavy atom. The molecule has 0 bridgehead atoms. The average Bonchev–Trinajstić information content (AvgIpc) is 3.28. The first-order valence-electron chi connectivity index (χ1n) is 9.25. The van der Waals surface area contributed by atoms with Crippen molar-refractivity contribution in [2.24, 2.45) is 11.7 Å². The molecule has 26 heavy (non-hydrogen) atoms. The van der Waals surface area contributed by atoms with Crippen LogP contribution in [0.1, 0.15) is 25.7 Å². The van der Waals surface area contributed by atoms with Crippen LogP contribution in [-0.4, -0.2) is 51.8 Å². The number of aromatic nitrogens is 2. The van der Waals surface area contributed by atoms with Crippen LogP contribution in [0, 0.1) is 5.92 Å². The molecule has 1 aromatic heterocycles. The summed E-state index contributed by atoms with van der Waals surface area (Å²) in [6, 6.07) is 7.85. The van der Waals surface area contributed by atoms with Crippen LogP contribution in [0.5, 0.6) is 0 Å². The summed E-state index contributed by atoms with van der Waals surface area (Å²) in [5.41, 5.74) is 6.23. The molecule has 2 atom stereocenters. The molecule has 2 N–H and O–H groups in total. The van der Waals surface area contributed by atoms with Crippen molar-refractivity contribution in [2.45, 2.75) is 44.4 Å². The molecule has 0 saturated carbocycles. The van der Waals surface area contributed by atoms with Crippen molar-refractivity contribution >= 4 is 22.7 Å². The van der Waals surface area contributed by atoms with Gasteiger partial charge in [-0.25, -0.2) is 0 Å². The summed E-state index contributed by atoms with van der Waals surface area (Å²) in [6.45, 7) is 1.72. The Labute approximate surface area is 152 Å². The number of ether oxygens (including phenoxy) is 1. The summed E-state index contributed by atoms with van der Waals surface area (Å²) < 4.78 is 7.51. The molecule has 0 radical (unpaired) electrons. The van der Waals surface area contributed by atoms with E-state index in [-0.39, 0.29) is 24.5 Å². The number of nitrogens with two attached hydrogens (primary N) is 1.